The van der Waals surface area contributed by atoms with Crippen LogP contribution in [-0.4, -0.2) is 46.3 Å². The summed E-state index contributed by atoms with van der Waals surface area (Å²) in [7, 11) is 0. The van der Waals surface area contributed by atoms with Crippen molar-refractivity contribution in [2.75, 3.05) is 6.54 Å². The van der Waals surface area contributed by atoms with Crippen molar-refractivity contribution < 1.29 is 24.3 Å². The topological polar surface area (TPSA) is 104 Å². The highest BCUT2D eigenvalue weighted by molar-refractivity contribution is 6.06. The number of carbonyl (C=O) groups excluding carboxylic acids is 3. The van der Waals surface area contributed by atoms with Gasteiger partial charge in [-0.3, -0.25) is 24.5 Å². The van der Waals surface area contributed by atoms with Crippen molar-refractivity contribution in [3.63, 3.8) is 0 Å². The lowest BCUT2D eigenvalue weighted by molar-refractivity contribution is -0.157. The maximum atomic E-state index is 11.7. The van der Waals surface area contributed by atoms with Crippen LogP contribution in [0.3, 0.4) is 0 Å². The zero-order chi connectivity index (χ0) is 12.5. The molecule has 1 heterocycles. The third kappa shape index (κ3) is 2.18. The fraction of sp³-hybridized carbons (Fsp3) is 0.556. The van der Waals surface area contributed by atoms with Crippen LogP contribution in [0, 0.1) is 5.92 Å². The highest BCUT2D eigenvalue weighted by Crippen LogP contribution is 2.10. The van der Waals surface area contributed by atoms with E-state index in [-0.39, 0.29) is 6.54 Å². The van der Waals surface area contributed by atoms with E-state index in [4.69, 9.17) is 5.11 Å². The van der Waals surface area contributed by atoms with Crippen molar-refractivity contribution in [1.82, 2.24) is 10.2 Å². The summed E-state index contributed by atoms with van der Waals surface area (Å²) in [6, 6.07) is -0.827. The van der Waals surface area contributed by atoms with E-state index in [0.29, 0.717) is 0 Å². The number of amides is 3. The molecule has 1 aliphatic heterocycles. The van der Waals surface area contributed by atoms with Crippen molar-refractivity contribution in [2.24, 2.45) is 5.92 Å². The maximum Gasteiger partial charge on any atom is 0.315 e. The van der Waals surface area contributed by atoms with Crippen molar-refractivity contribution in [2.45, 2.75) is 19.9 Å². The standard InChI is InChI=1S/C9H12N2O5/c1-4(9(15)16)8(14)11-3-6(12)10-7(13)5(11)2/h4-5H,3H2,1-2H3,(H,15,16)(H,10,12,13). The first-order chi connectivity index (χ1) is 7.34. The molecular formula is C9H12N2O5. The van der Waals surface area contributed by atoms with Gasteiger partial charge in [0.25, 0.3) is 0 Å². The molecule has 0 aliphatic carbocycles. The van der Waals surface area contributed by atoms with Gasteiger partial charge in [-0.05, 0) is 13.8 Å². The Hall–Kier alpha value is -1.92. The van der Waals surface area contributed by atoms with Crippen LogP contribution in [0.25, 0.3) is 0 Å². The number of carboxylic acids is 1. The van der Waals surface area contributed by atoms with Gasteiger partial charge >= 0.3 is 5.97 Å². The van der Waals surface area contributed by atoms with E-state index in [2.05, 4.69) is 5.32 Å². The average Bonchev–Trinajstić information content (AvgIpc) is 2.21. The van der Waals surface area contributed by atoms with E-state index in [1.807, 2.05) is 0 Å². The molecule has 16 heavy (non-hydrogen) atoms. The molecule has 7 nitrogen and oxygen atoms in total. The van der Waals surface area contributed by atoms with Gasteiger partial charge in [-0.1, -0.05) is 0 Å². The summed E-state index contributed by atoms with van der Waals surface area (Å²) in [5.74, 6) is -4.48. The lowest BCUT2D eigenvalue weighted by atomic mass is 10.1. The summed E-state index contributed by atoms with van der Waals surface area (Å²) in [6.07, 6.45) is 0. The third-order valence-corrected chi connectivity index (χ3v) is 2.45. The molecule has 0 saturated carbocycles. The zero-order valence-corrected chi connectivity index (χ0v) is 8.89. The Morgan fingerprint density at radius 1 is 1.50 bits per heavy atom. The summed E-state index contributed by atoms with van der Waals surface area (Å²) in [4.78, 5) is 45.5. The van der Waals surface area contributed by atoms with Gasteiger partial charge in [0, 0.05) is 0 Å². The van der Waals surface area contributed by atoms with E-state index < -0.39 is 35.7 Å². The minimum atomic E-state index is -1.28. The number of hydrogen-bond acceptors (Lipinski definition) is 4. The second kappa shape index (κ2) is 4.30. The van der Waals surface area contributed by atoms with Crippen LogP contribution in [-0.2, 0) is 19.2 Å². The van der Waals surface area contributed by atoms with Crippen LogP contribution in [0.15, 0.2) is 0 Å². The highest BCUT2D eigenvalue weighted by atomic mass is 16.4. The van der Waals surface area contributed by atoms with Gasteiger partial charge in [0.15, 0.2) is 0 Å². The molecule has 0 aromatic carbocycles. The lowest BCUT2D eigenvalue weighted by Gasteiger charge is -2.32. The van der Waals surface area contributed by atoms with E-state index >= 15 is 0 Å². The average molecular weight is 228 g/mol. The second-order valence-corrected chi connectivity index (χ2v) is 3.61. The maximum absolute atomic E-state index is 11.7. The zero-order valence-electron chi connectivity index (χ0n) is 8.89. The SMILES string of the molecule is CC(C(=O)O)C(=O)N1CC(=O)NC(=O)C1C. The Balaban J connectivity index is 2.86. The minimum absolute atomic E-state index is 0.288. The number of piperazine rings is 1. The summed E-state index contributed by atoms with van der Waals surface area (Å²) < 4.78 is 0. The molecule has 0 aromatic rings. The second-order valence-electron chi connectivity index (χ2n) is 3.61. The summed E-state index contributed by atoms with van der Waals surface area (Å²) in [5, 5.41) is 10.7. The fourth-order valence-electron chi connectivity index (χ4n) is 1.34. The van der Waals surface area contributed by atoms with Crippen LogP contribution >= 0.6 is 0 Å². The largest absolute Gasteiger partial charge is 0.481 e. The number of carbonyl (C=O) groups is 4. The van der Waals surface area contributed by atoms with Crippen LogP contribution in [0.5, 0.6) is 0 Å². The first-order valence-electron chi connectivity index (χ1n) is 4.71. The number of aliphatic carboxylic acids is 1. The molecule has 1 saturated heterocycles. The van der Waals surface area contributed by atoms with E-state index in [1.54, 1.807) is 0 Å². The van der Waals surface area contributed by atoms with Gasteiger partial charge in [-0.2, -0.15) is 0 Å². The Morgan fingerprint density at radius 2 is 2.06 bits per heavy atom. The van der Waals surface area contributed by atoms with Crippen LogP contribution in [0.2, 0.25) is 0 Å². The Kier molecular flexibility index (Phi) is 3.26. The van der Waals surface area contributed by atoms with Gasteiger partial charge in [0.1, 0.15) is 18.5 Å². The molecule has 3 amide bonds. The van der Waals surface area contributed by atoms with E-state index in [0.717, 1.165) is 4.90 Å². The van der Waals surface area contributed by atoms with Crippen molar-refractivity contribution in [3.8, 4) is 0 Å². The summed E-state index contributed by atoms with van der Waals surface area (Å²) in [6.45, 7) is 2.37. The molecule has 2 N–H and O–H groups in total. The van der Waals surface area contributed by atoms with Crippen LogP contribution in [0.1, 0.15) is 13.8 Å². The predicted molar refractivity (Wildman–Crippen MR) is 51.1 cm³/mol. The van der Waals surface area contributed by atoms with Crippen molar-refractivity contribution >= 4 is 23.7 Å². The van der Waals surface area contributed by atoms with Crippen LogP contribution < -0.4 is 5.32 Å². The van der Waals surface area contributed by atoms with Gasteiger partial charge < -0.3 is 10.0 Å². The number of rotatable bonds is 2. The molecule has 1 rings (SSSR count). The van der Waals surface area contributed by atoms with Gasteiger partial charge in [-0.25, -0.2) is 0 Å². The number of carboxylic acid groups (broad SMARTS) is 1. The van der Waals surface area contributed by atoms with E-state index in [1.165, 1.54) is 13.8 Å². The Morgan fingerprint density at radius 3 is 2.56 bits per heavy atom. The molecular weight excluding hydrogens is 216 g/mol. The molecule has 0 aromatic heterocycles. The van der Waals surface area contributed by atoms with Gasteiger partial charge in [0.05, 0.1) is 0 Å². The van der Waals surface area contributed by atoms with Crippen LogP contribution in [0.4, 0.5) is 0 Å². The third-order valence-electron chi connectivity index (χ3n) is 2.45. The van der Waals surface area contributed by atoms with Crippen molar-refractivity contribution in [3.05, 3.63) is 0 Å². The monoisotopic (exact) mass is 228 g/mol. The summed E-state index contributed by atoms with van der Waals surface area (Å²) >= 11 is 0. The van der Waals surface area contributed by atoms with Gasteiger partial charge in [-0.15, -0.1) is 0 Å². The predicted octanol–water partition coefficient (Wildman–Crippen LogP) is -1.42. The molecule has 2 atom stereocenters. The Labute approximate surface area is 91.4 Å². The molecule has 0 bridgehead atoms. The molecule has 1 fully saturated rings. The summed E-state index contributed by atoms with van der Waals surface area (Å²) in [5.41, 5.74) is 0. The lowest BCUT2D eigenvalue weighted by Crippen LogP contribution is -2.59. The minimum Gasteiger partial charge on any atom is -0.481 e. The first-order valence-corrected chi connectivity index (χ1v) is 4.71. The highest BCUT2D eigenvalue weighted by Gasteiger charge is 2.37. The fourth-order valence-corrected chi connectivity index (χ4v) is 1.34. The first kappa shape index (κ1) is 12.2. The molecule has 1 aliphatic rings. The number of nitrogens with zero attached hydrogens (tertiary/aromatic N) is 1. The molecule has 0 radical (unpaired) electrons. The van der Waals surface area contributed by atoms with Crippen molar-refractivity contribution in [1.29, 1.82) is 0 Å². The van der Waals surface area contributed by atoms with Gasteiger partial charge in [0.2, 0.25) is 17.7 Å². The molecule has 0 spiro atoms. The quantitative estimate of drug-likeness (QED) is 0.446. The van der Waals surface area contributed by atoms with E-state index in [9.17, 15) is 19.2 Å². The normalized spacial score (nSPS) is 22.6. The molecule has 7 heteroatoms. The smallest absolute Gasteiger partial charge is 0.315 e. The number of nitrogens with one attached hydrogen (secondary N) is 1. The number of hydrogen-bond donors (Lipinski definition) is 2. The molecule has 88 valence electrons. The molecule has 2 unspecified atom stereocenters. The number of imide groups is 1. The Bertz CT molecular complexity index is 365.